The molecule has 3 atom stereocenters. The van der Waals surface area contributed by atoms with E-state index >= 15 is 0 Å². The Labute approximate surface area is 234 Å². The van der Waals surface area contributed by atoms with Gasteiger partial charge in [-0.15, -0.1) is 0 Å². The van der Waals surface area contributed by atoms with E-state index in [1.165, 1.54) is 22.1 Å². The largest absolute Gasteiger partial charge is 0.506 e. The number of benzene rings is 2. The molecule has 0 spiro atoms. The number of anilines is 1. The lowest BCUT2D eigenvalue weighted by Crippen LogP contribution is -2.68. The van der Waals surface area contributed by atoms with Crippen LogP contribution in [-0.2, 0) is 27.2 Å². The zero-order valence-electron chi connectivity index (χ0n) is 23.1. The Hall–Kier alpha value is -4.20. The molecule has 0 saturated carbocycles. The number of piperazine rings is 1. The zero-order chi connectivity index (χ0) is 28.4. The molecule has 3 amide bonds. The summed E-state index contributed by atoms with van der Waals surface area (Å²) in [4.78, 5) is 48.4. The molecule has 8 nitrogen and oxygen atoms in total. The van der Waals surface area contributed by atoms with Crippen LogP contribution in [-0.4, -0.2) is 44.8 Å². The number of nitrogens with one attached hydrogen (secondary N) is 2. The maximum atomic E-state index is 14.5. The quantitative estimate of drug-likeness (QED) is 0.369. The number of aromatic hydroxyl groups is 1. The second-order valence-corrected chi connectivity index (χ2v) is 10.8. The molecule has 1 aliphatic carbocycles. The third-order valence-electron chi connectivity index (χ3n) is 8.37. The van der Waals surface area contributed by atoms with Gasteiger partial charge in [0, 0.05) is 17.5 Å². The summed E-state index contributed by atoms with van der Waals surface area (Å²) in [7, 11) is 0. The Morgan fingerprint density at radius 1 is 1.02 bits per heavy atom. The second kappa shape index (κ2) is 11.5. The van der Waals surface area contributed by atoms with Gasteiger partial charge in [0.15, 0.2) is 0 Å². The van der Waals surface area contributed by atoms with E-state index in [-0.39, 0.29) is 35.1 Å². The van der Waals surface area contributed by atoms with Crippen molar-refractivity contribution in [2.45, 2.75) is 64.6 Å². The number of carbonyl (C=O) groups is 3. The number of amides is 3. The standard InChI is InChI=1S/C32H36N4O4/c1-4-20(5-2)28-31(39)35-27(24-16-21-10-6-7-11-22(21)17-24)32(40)36(28)29(23-15-14-19(3)33-18-23)30(38)34-25-12-8-9-13-26(25)37/h6-15,18,20,24,27-29,37H,4-5,16-17H2,1-3H3,(H,34,38)(H,35,39)/t27-,28-,29?/m1/s1. The van der Waals surface area contributed by atoms with Gasteiger partial charge in [-0.25, -0.2) is 0 Å². The summed E-state index contributed by atoms with van der Waals surface area (Å²) >= 11 is 0. The molecule has 2 aliphatic rings. The molecule has 208 valence electrons. The van der Waals surface area contributed by atoms with Crippen LogP contribution in [0.1, 0.15) is 55.1 Å². The highest BCUT2D eigenvalue weighted by molar-refractivity contribution is 6.03. The van der Waals surface area contributed by atoms with Crippen LogP contribution in [0, 0.1) is 18.8 Å². The molecule has 2 aromatic carbocycles. The van der Waals surface area contributed by atoms with Crippen molar-refractivity contribution in [3.63, 3.8) is 0 Å². The molecule has 0 bridgehead atoms. The van der Waals surface area contributed by atoms with Crippen molar-refractivity contribution in [3.8, 4) is 5.75 Å². The van der Waals surface area contributed by atoms with E-state index < -0.39 is 24.0 Å². The first-order chi connectivity index (χ1) is 19.3. The third kappa shape index (κ3) is 5.18. The monoisotopic (exact) mass is 540 g/mol. The van der Waals surface area contributed by atoms with Gasteiger partial charge < -0.3 is 20.6 Å². The molecule has 40 heavy (non-hydrogen) atoms. The minimum absolute atomic E-state index is 0.0857. The Morgan fingerprint density at radius 2 is 1.68 bits per heavy atom. The van der Waals surface area contributed by atoms with E-state index in [1.807, 2.05) is 32.9 Å². The lowest BCUT2D eigenvalue weighted by atomic mass is 9.84. The van der Waals surface area contributed by atoms with Crippen LogP contribution < -0.4 is 10.6 Å². The van der Waals surface area contributed by atoms with E-state index in [0.717, 1.165) is 5.69 Å². The van der Waals surface area contributed by atoms with Crippen LogP contribution >= 0.6 is 0 Å². The lowest BCUT2D eigenvalue weighted by Gasteiger charge is -2.46. The third-order valence-corrected chi connectivity index (χ3v) is 8.37. The molecule has 3 N–H and O–H groups in total. The Kier molecular flexibility index (Phi) is 7.87. The summed E-state index contributed by atoms with van der Waals surface area (Å²) in [6.07, 6.45) is 4.28. The van der Waals surface area contributed by atoms with Gasteiger partial charge in [0.25, 0.3) is 5.91 Å². The van der Waals surface area contributed by atoms with Crippen LogP contribution in [0.25, 0.3) is 0 Å². The molecule has 2 heterocycles. The predicted molar refractivity (Wildman–Crippen MR) is 152 cm³/mol. The minimum atomic E-state index is -1.12. The van der Waals surface area contributed by atoms with Crippen molar-refractivity contribution < 1.29 is 19.5 Å². The zero-order valence-corrected chi connectivity index (χ0v) is 23.1. The summed E-state index contributed by atoms with van der Waals surface area (Å²) in [6.45, 7) is 5.84. The number of phenolic OH excluding ortho intramolecular Hbond substituents is 1. The van der Waals surface area contributed by atoms with Gasteiger partial charge in [-0.2, -0.15) is 0 Å². The lowest BCUT2D eigenvalue weighted by molar-refractivity contribution is -0.159. The van der Waals surface area contributed by atoms with Crippen LogP contribution in [0.15, 0.2) is 66.9 Å². The van der Waals surface area contributed by atoms with E-state index in [1.54, 1.807) is 36.5 Å². The van der Waals surface area contributed by atoms with E-state index in [2.05, 4.69) is 27.8 Å². The molecule has 0 radical (unpaired) electrons. The number of hydrogen-bond donors (Lipinski definition) is 3. The highest BCUT2D eigenvalue weighted by atomic mass is 16.3. The van der Waals surface area contributed by atoms with Gasteiger partial charge >= 0.3 is 0 Å². The number of para-hydroxylation sites is 2. The number of hydrogen-bond acceptors (Lipinski definition) is 5. The van der Waals surface area contributed by atoms with E-state index in [4.69, 9.17) is 0 Å². The van der Waals surface area contributed by atoms with E-state index in [9.17, 15) is 19.5 Å². The van der Waals surface area contributed by atoms with Crippen molar-refractivity contribution in [2.24, 2.45) is 11.8 Å². The molecule has 1 saturated heterocycles. The molecule has 1 aromatic heterocycles. The van der Waals surface area contributed by atoms with Crippen molar-refractivity contribution in [1.29, 1.82) is 0 Å². The topological polar surface area (TPSA) is 112 Å². The number of aromatic nitrogens is 1. The first kappa shape index (κ1) is 27.4. The molecule has 8 heteroatoms. The van der Waals surface area contributed by atoms with Gasteiger partial charge in [0.2, 0.25) is 11.8 Å². The highest BCUT2D eigenvalue weighted by Gasteiger charge is 2.51. The van der Waals surface area contributed by atoms with Crippen molar-refractivity contribution >= 4 is 23.4 Å². The van der Waals surface area contributed by atoms with Gasteiger partial charge in [-0.1, -0.05) is 69.2 Å². The van der Waals surface area contributed by atoms with Crippen LogP contribution in [0.4, 0.5) is 5.69 Å². The fourth-order valence-electron chi connectivity index (χ4n) is 6.20. The average Bonchev–Trinajstić information content (AvgIpc) is 3.39. The second-order valence-electron chi connectivity index (χ2n) is 10.8. The van der Waals surface area contributed by atoms with Crippen molar-refractivity contribution in [2.75, 3.05) is 5.32 Å². The van der Waals surface area contributed by atoms with Crippen molar-refractivity contribution in [3.05, 3.63) is 89.2 Å². The fraction of sp³-hybridized carbons (Fsp3) is 0.375. The Balaban J connectivity index is 1.58. The van der Waals surface area contributed by atoms with E-state index in [0.29, 0.717) is 31.2 Å². The van der Waals surface area contributed by atoms with Crippen LogP contribution in [0.2, 0.25) is 0 Å². The van der Waals surface area contributed by atoms with Crippen molar-refractivity contribution in [1.82, 2.24) is 15.2 Å². The number of rotatable bonds is 8. The predicted octanol–water partition coefficient (Wildman–Crippen LogP) is 4.32. The SMILES string of the molecule is CCC(CC)[C@@H]1C(=O)N[C@H](C2Cc3ccccc3C2)C(=O)N1C(C(=O)Nc1ccccc1O)c1ccc(C)nc1. The van der Waals surface area contributed by atoms with Crippen LogP contribution in [0.3, 0.4) is 0 Å². The van der Waals surface area contributed by atoms with Gasteiger partial charge in [0.05, 0.1) is 5.69 Å². The van der Waals surface area contributed by atoms with Gasteiger partial charge in [-0.3, -0.25) is 19.4 Å². The molecular formula is C32H36N4O4. The Morgan fingerprint density at radius 3 is 2.27 bits per heavy atom. The fourth-order valence-corrected chi connectivity index (χ4v) is 6.20. The first-order valence-electron chi connectivity index (χ1n) is 14.0. The molecule has 1 fully saturated rings. The number of phenols is 1. The summed E-state index contributed by atoms with van der Waals surface area (Å²) in [5.41, 5.74) is 3.86. The number of fused-ring (bicyclic) bond motifs is 1. The number of aryl methyl sites for hydroxylation is 1. The Bertz CT molecular complexity index is 1380. The van der Waals surface area contributed by atoms with Gasteiger partial charge in [0.1, 0.15) is 23.9 Å². The maximum Gasteiger partial charge on any atom is 0.252 e. The molecule has 3 aromatic rings. The number of nitrogens with zero attached hydrogens (tertiary/aromatic N) is 2. The number of carbonyl (C=O) groups excluding carboxylic acids is 3. The average molecular weight is 541 g/mol. The first-order valence-corrected chi connectivity index (χ1v) is 14.0. The normalized spacial score (nSPS) is 19.9. The summed E-state index contributed by atoms with van der Waals surface area (Å²) in [5, 5.41) is 16.2. The molecule has 5 rings (SSSR count). The smallest absolute Gasteiger partial charge is 0.252 e. The highest BCUT2D eigenvalue weighted by Crippen LogP contribution is 2.37. The number of pyridine rings is 1. The minimum Gasteiger partial charge on any atom is -0.506 e. The summed E-state index contributed by atoms with van der Waals surface area (Å²) in [5.74, 6) is -1.37. The molecular weight excluding hydrogens is 504 g/mol. The van der Waals surface area contributed by atoms with Crippen LogP contribution in [0.5, 0.6) is 5.75 Å². The molecule has 1 unspecified atom stereocenters. The maximum absolute atomic E-state index is 14.5. The summed E-state index contributed by atoms with van der Waals surface area (Å²) < 4.78 is 0. The van der Waals surface area contributed by atoms with Gasteiger partial charge in [-0.05, 0) is 60.9 Å². The summed E-state index contributed by atoms with van der Waals surface area (Å²) in [6, 6.07) is 15.4. The molecule has 1 aliphatic heterocycles.